The second-order valence-electron chi connectivity index (χ2n) is 3.91. The molecule has 0 bridgehead atoms. The molecule has 0 saturated carbocycles. The summed E-state index contributed by atoms with van der Waals surface area (Å²) >= 11 is 3.34. The van der Waals surface area contributed by atoms with Crippen molar-refractivity contribution in [3.05, 3.63) is 40.6 Å². The Hall–Kier alpha value is -2.15. The second kappa shape index (κ2) is 4.51. The molecule has 5 nitrogen and oxygen atoms in total. The predicted molar refractivity (Wildman–Crippen MR) is 73.6 cm³/mol. The van der Waals surface area contributed by atoms with Gasteiger partial charge in [0, 0.05) is 4.47 Å². The molecule has 0 amide bonds. The van der Waals surface area contributed by atoms with E-state index in [1.54, 1.807) is 18.2 Å². The number of fused-ring (bicyclic) bond motifs is 1. The van der Waals surface area contributed by atoms with Crippen molar-refractivity contribution in [2.75, 3.05) is 11.1 Å². The molecule has 0 fully saturated rings. The number of benzene rings is 2. The van der Waals surface area contributed by atoms with E-state index in [1.165, 1.54) is 12.1 Å². The molecule has 0 radical (unpaired) electrons. The first kappa shape index (κ1) is 11.9. The average molecular weight is 323 g/mol. The lowest BCUT2D eigenvalue weighted by Gasteiger charge is -2.09. The molecular formula is C12H8BrFN4O. The number of nitrogens with zero attached hydrogens (tertiary/aromatic N) is 2. The molecule has 0 aliphatic heterocycles. The van der Waals surface area contributed by atoms with Crippen LogP contribution in [0, 0.1) is 5.82 Å². The van der Waals surface area contributed by atoms with E-state index < -0.39 is 0 Å². The minimum Gasteiger partial charge on any atom is -0.397 e. The number of halogens is 2. The van der Waals surface area contributed by atoms with Crippen molar-refractivity contribution in [3.8, 4) is 0 Å². The number of hydrogen-bond donors (Lipinski definition) is 2. The fourth-order valence-corrected chi connectivity index (χ4v) is 2.07. The molecule has 1 heterocycles. The summed E-state index contributed by atoms with van der Waals surface area (Å²) in [5.74, 6) is -0.337. The highest BCUT2D eigenvalue weighted by molar-refractivity contribution is 9.10. The van der Waals surface area contributed by atoms with E-state index >= 15 is 0 Å². The van der Waals surface area contributed by atoms with Crippen molar-refractivity contribution in [1.29, 1.82) is 0 Å². The minimum absolute atomic E-state index is 0.337. The van der Waals surface area contributed by atoms with Gasteiger partial charge in [-0.3, -0.25) is 0 Å². The van der Waals surface area contributed by atoms with Crippen molar-refractivity contribution >= 4 is 44.0 Å². The van der Waals surface area contributed by atoms with Crippen LogP contribution >= 0.6 is 15.9 Å². The highest BCUT2D eigenvalue weighted by atomic mass is 79.9. The van der Waals surface area contributed by atoms with Gasteiger partial charge < -0.3 is 11.1 Å². The highest BCUT2D eigenvalue weighted by Gasteiger charge is 2.11. The van der Waals surface area contributed by atoms with E-state index in [4.69, 9.17) is 5.73 Å². The fraction of sp³-hybridized carbons (Fsp3) is 0. The number of nitrogens with one attached hydrogen (secondary N) is 1. The van der Waals surface area contributed by atoms with E-state index in [0.717, 1.165) is 4.47 Å². The predicted octanol–water partition coefficient (Wildman–Crippen LogP) is 3.45. The number of hydrogen-bond acceptors (Lipinski definition) is 5. The third kappa shape index (κ3) is 2.12. The van der Waals surface area contributed by atoms with Crippen LogP contribution in [-0.2, 0) is 0 Å². The van der Waals surface area contributed by atoms with Gasteiger partial charge in [-0.05, 0) is 56.6 Å². The topological polar surface area (TPSA) is 77.0 Å². The van der Waals surface area contributed by atoms with Crippen molar-refractivity contribution in [2.24, 2.45) is 0 Å². The third-order valence-electron chi connectivity index (χ3n) is 2.64. The Balaban J connectivity index is 2.08. The van der Waals surface area contributed by atoms with Gasteiger partial charge in [-0.2, -0.15) is 0 Å². The number of rotatable bonds is 2. The second-order valence-corrected chi connectivity index (χ2v) is 4.77. The normalized spacial score (nSPS) is 10.8. The fourth-order valence-electron chi connectivity index (χ4n) is 1.72. The van der Waals surface area contributed by atoms with E-state index in [2.05, 4.69) is 36.2 Å². The van der Waals surface area contributed by atoms with Crippen LogP contribution in [0.4, 0.5) is 21.5 Å². The lowest BCUT2D eigenvalue weighted by atomic mass is 10.2. The van der Waals surface area contributed by atoms with E-state index in [9.17, 15) is 4.39 Å². The molecule has 3 aromatic rings. The molecule has 7 heteroatoms. The van der Waals surface area contributed by atoms with Gasteiger partial charge in [0.2, 0.25) is 0 Å². The van der Waals surface area contributed by atoms with E-state index in [-0.39, 0.29) is 5.82 Å². The Morgan fingerprint density at radius 2 is 1.89 bits per heavy atom. The molecule has 0 spiro atoms. The van der Waals surface area contributed by atoms with Gasteiger partial charge >= 0.3 is 0 Å². The van der Waals surface area contributed by atoms with Gasteiger partial charge in [-0.15, -0.1) is 0 Å². The molecule has 0 atom stereocenters. The molecule has 3 rings (SSSR count). The van der Waals surface area contributed by atoms with Crippen LogP contribution < -0.4 is 11.1 Å². The lowest BCUT2D eigenvalue weighted by molar-refractivity contribution is 0.316. The van der Waals surface area contributed by atoms with Crippen LogP contribution in [0.5, 0.6) is 0 Å². The number of nitrogens with two attached hydrogens (primary N) is 1. The zero-order valence-electron chi connectivity index (χ0n) is 9.52. The van der Waals surface area contributed by atoms with Crippen molar-refractivity contribution in [3.63, 3.8) is 0 Å². The largest absolute Gasteiger partial charge is 0.397 e. The van der Waals surface area contributed by atoms with E-state index in [1.807, 2.05) is 0 Å². The summed E-state index contributed by atoms with van der Waals surface area (Å²) in [5, 5.41) is 10.6. The molecule has 19 heavy (non-hydrogen) atoms. The van der Waals surface area contributed by atoms with Gasteiger partial charge in [0.25, 0.3) is 0 Å². The summed E-state index contributed by atoms with van der Waals surface area (Å²) in [7, 11) is 0. The molecule has 96 valence electrons. The Bertz CT molecular complexity index is 759. The van der Waals surface area contributed by atoms with E-state index in [0.29, 0.717) is 28.1 Å². The van der Waals surface area contributed by atoms with Crippen molar-refractivity contribution < 1.29 is 9.02 Å². The van der Waals surface area contributed by atoms with Gasteiger partial charge in [-0.25, -0.2) is 9.02 Å². The Morgan fingerprint density at radius 3 is 2.74 bits per heavy atom. The summed E-state index contributed by atoms with van der Waals surface area (Å²) in [6.45, 7) is 0. The maximum Gasteiger partial charge on any atom is 0.160 e. The van der Waals surface area contributed by atoms with Gasteiger partial charge in [-0.1, -0.05) is 0 Å². The third-order valence-corrected chi connectivity index (χ3v) is 3.34. The maximum absolute atomic E-state index is 13.2. The van der Waals surface area contributed by atoms with Crippen LogP contribution in [0.15, 0.2) is 39.4 Å². The first-order valence-electron chi connectivity index (χ1n) is 5.38. The van der Waals surface area contributed by atoms with Crippen LogP contribution in [0.25, 0.3) is 11.0 Å². The van der Waals surface area contributed by atoms with Crippen molar-refractivity contribution in [1.82, 2.24) is 10.3 Å². The first-order valence-corrected chi connectivity index (χ1v) is 6.17. The summed E-state index contributed by atoms with van der Waals surface area (Å²) in [5.41, 5.74) is 8.41. The standard InChI is InChI=1S/C12H8BrFN4O/c13-7-2-1-6(14)5-10(7)16-9-4-3-8(15)11-12(9)18-19-17-11/h1-5,16H,15H2. The molecule has 0 aliphatic carbocycles. The molecular weight excluding hydrogens is 315 g/mol. The summed E-state index contributed by atoms with van der Waals surface area (Å²) in [6, 6.07) is 7.78. The van der Waals surface area contributed by atoms with Gasteiger partial charge in [0.1, 0.15) is 5.82 Å². The first-order chi connectivity index (χ1) is 9.15. The quantitative estimate of drug-likeness (QED) is 0.706. The number of anilines is 3. The van der Waals surface area contributed by atoms with Crippen LogP contribution in [-0.4, -0.2) is 10.3 Å². The minimum atomic E-state index is -0.337. The summed E-state index contributed by atoms with van der Waals surface area (Å²) in [4.78, 5) is 0. The Morgan fingerprint density at radius 1 is 1.11 bits per heavy atom. The monoisotopic (exact) mass is 322 g/mol. The summed E-state index contributed by atoms with van der Waals surface area (Å²) in [6.07, 6.45) is 0. The molecule has 0 unspecified atom stereocenters. The van der Waals surface area contributed by atoms with Crippen LogP contribution in [0.3, 0.4) is 0 Å². The van der Waals surface area contributed by atoms with Gasteiger partial charge in [0.05, 0.1) is 17.1 Å². The molecule has 2 aromatic carbocycles. The molecule has 1 aromatic heterocycles. The molecule has 3 N–H and O–H groups in total. The zero-order valence-corrected chi connectivity index (χ0v) is 11.1. The van der Waals surface area contributed by atoms with Crippen LogP contribution in [0.1, 0.15) is 0 Å². The molecule has 0 saturated heterocycles. The maximum atomic E-state index is 13.2. The SMILES string of the molecule is Nc1ccc(Nc2cc(F)ccc2Br)c2nonc12. The van der Waals surface area contributed by atoms with Crippen LogP contribution in [0.2, 0.25) is 0 Å². The lowest BCUT2D eigenvalue weighted by Crippen LogP contribution is -1.95. The smallest absolute Gasteiger partial charge is 0.160 e. The van der Waals surface area contributed by atoms with Crippen molar-refractivity contribution in [2.45, 2.75) is 0 Å². The Labute approximate surface area is 115 Å². The number of aromatic nitrogens is 2. The van der Waals surface area contributed by atoms with Gasteiger partial charge in [0.15, 0.2) is 11.0 Å². The Kier molecular flexibility index (Phi) is 2.83. The zero-order chi connectivity index (χ0) is 13.4. The average Bonchev–Trinajstić information content (AvgIpc) is 2.87. The molecule has 0 aliphatic rings. The number of nitrogen functional groups attached to an aromatic ring is 1. The highest BCUT2D eigenvalue weighted by Crippen LogP contribution is 2.31. The summed E-state index contributed by atoms with van der Waals surface area (Å²) < 4.78 is 18.6.